The van der Waals surface area contributed by atoms with Crippen LogP contribution in [0.2, 0.25) is 0 Å². The van der Waals surface area contributed by atoms with Crippen LogP contribution < -0.4 is 5.73 Å². The molecule has 0 fully saturated rings. The summed E-state index contributed by atoms with van der Waals surface area (Å²) in [7, 11) is -4.40. The van der Waals surface area contributed by atoms with E-state index in [0.29, 0.717) is 12.8 Å². The highest BCUT2D eigenvalue weighted by Gasteiger charge is 2.26. The lowest BCUT2D eigenvalue weighted by atomic mass is 10.0. The maximum Gasteiger partial charge on any atom is 0.472 e. The molecule has 0 amide bonds. The van der Waals surface area contributed by atoms with Gasteiger partial charge in [0.25, 0.3) is 0 Å². The first-order chi connectivity index (χ1) is 33.8. The maximum atomic E-state index is 12.7. The number of hydrogen-bond acceptors (Lipinski definition) is 8. The Balaban J connectivity index is 4.04. The van der Waals surface area contributed by atoms with E-state index in [1.54, 1.807) is 0 Å². The summed E-state index contributed by atoms with van der Waals surface area (Å²) >= 11 is 0. The molecule has 0 radical (unpaired) electrons. The Morgan fingerprint density at radius 2 is 0.754 bits per heavy atom. The van der Waals surface area contributed by atoms with E-state index < -0.39 is 32.5 Å². The quantitative estimate of drug-likeness (QED) is 0.0264. The summed E-state index contributed by atoms with van der Waals surface area (Å²) < 4.78 is 32.9. The largest absolute Gasteiger partial charge is 0.472 e. The van der Waals surface area contributed by atoms with E-state index in [1.165, 1.54) is 57.8 Å². The predicted octanol–water partition coefficient (Wildman–Crippen LogP) is 16.8. The van der Waals surface area contributed by atoms with Gasteiger partial charge in [-0.1, -0.05) is 212 Å². The molecule has 0 aromatic carbocycles. The Bertz CT molecular complexity index is 1540. The molecule has 0 aromatic rings. The number of allylic oxidation sites excluding steroid dienone is 20. The summed E-state index contributed by atoms with van der Waals surface area (Å²) in [5.74, 6) is -0.866. The highest BCUT2D eigenvalue weighted by molar-refractivity contribution is 7.47. The molecule has 10 heteroatoms. The SMILES string of the molecule is CC/C=C\C/C=C\C/C=C\C/C=C\C/C=C\C/C=C\CCCCCCCCCCCCCCC(=O)OC(COC(=O)CCCCCC/C=C\C/C=C\C/C=C\C/C=C\CC)COP(=O)(O)OCCN. The fourth-order valence-electron chi connectivity index (χ4n) is 6.92. The number of hydrogen-bond donors (Lipinski definition) is 2. The van der Waals surface area contributed by atoms with Gasteiger partial charge in [-0.15, -0.1) is 0 Å². The van der Waals surface area contributed by atoms with E-state index >= 15 is 0 Å². The molecule has 0 aliphatic heterocycles. The number of esters is 2. The van der Waals surface area contributed by atoms with E-state index in [2.05, 4.69) is 135 Å². The molecule has 2 atom stereocenters. The second kappa shape index (κ2) is 53.8. The molecule has 0 rings (SSSR count). The highest BCUT2D eigenvalue weighted by Crippen LogP contribution is 2.43. The summed E-state index contributed by atoms with van der Waals surface area (Å²) in [5.41, 5.74) is 5.37. The van der Waals surface area contributed by atoms with Gasteiger partial charge in [0.05, 0.1) is 13.2 Å². The third-order valence-corrected chi connectivity index (χ3v) is 11.8. The van der Waals surface area contributed by atoms with Gasteiger partial charge < -0.3 is 20.1 Å². The zero-order valence-corrected chi connectivity index (χ0v) is 44.4. The predicted molar refractivity (Wildman–Crippen MR) is 293 cm³/mol. The minimum absolute atomic E-state index is 0.0433. The normalized spacial score (nSPS) is 14.1. The van der Waals surface area contributed by atoms with Gasteiger partial charge >= 0.3 is 19.8 Å². The average Bonchev–Trinajstić information content (AvgIpc) is 3.34. The van der Waals surface area contributed by atoms with Crippen LogP contribution in [0.1, 0.15) is 206 Å². The smallest absolute Gasteiger partial charge is 0.462 e. The first-order valence-corrected chi connectivity index (χ1v) is 28.5. The first kappa shape index (κ1) is 65.4. The lowest BCUT2D eigenvalue weighted by molar-refractivity contribution is -0.161. The van der Waals surface area contributed by atoms with Crippen molar-refractivity contribution in [3.63, 3.8) is 0 Å². The van der Waals surface area contributed by atoms with Crippen molar-refractivity contribution in [1.82, 2.24) is 0 Å². The van der Waals surface area contributed by atoms with Crippen LogP contribution in [0.5, 0.6) is 0 Å². The van der Waals surface area contributed by atoms with Crippen LogP contribution in [0.15, 0.2) is 122 Å². The average molecular weight is 980 g/mol. The molecule has 392 valence electrons. The lowest BCUT2D eigenvalue weighted by Crippen LogP contribution is -2.29. The monoisotopic (exact) mass is 980 g/mol. The fraction of sp³-hybridized carbons (Fsp3) is 0.627. The summed E-state index contributed by atoms with van der Waals surface area (Å²) in [6, 6.07) is 0. The Hall–Kier alpha value is -3.59. The summed E-state index contributed by atoms with van der Waals surface area (Å²) in [4.78, 5) is 35.1. The van der Waals surface area contributed by atoms with Crippen molar-refractivity contribution in [3.05, 3.63) is 122 Å². The zero-order valence-electron chi connectivity index (χ0n) is 43.5. The summed E-state index contributed by atoms with van der Waals surface area (Å²) in [6.45, 7) is 3.47. The molecule has 0 aromatic heterocycles. The van der Waals surface area contributed by atoms with Crippen LogP contribution in [0.25, 0.3) is 0 Å². The summed E-state index contributed by atoms with van der Waals surface area (Å²) in [5, 5.41) is 0. The van der Waals surface area contributed by atoms with Gasteiger partial charge in [-0.2, -0.15) is 0 Å². The van der Waals surface area contributed by atoms with Crippen molar-refractivity contribution in [1.29, 1.82) is 0 Å². The van der Waals surface area contributed by atoms with E-state index in [1.807, 2.05) is 0 Å². The molecule has 9 nitrogen and oxygen atoms in total. The number of phosphoric ester groups is 1. The Morgan fingerprint density at radius 1 is 0.435 bits per heavy atom. The molecule has 0 aliphatic rings. The standard InChI is InChI=1S/C59H98NO8P/c1-3-5-7-9-11-13-15-17-19-21-22-23-24-25-26-27-28-29-30-31-32-33-34-36-38-40-42-44-46-48-50-52-59(62)68-57(56-67-69(63,64)66-54-53-60)55-65-58(61)51-49-47-45-43-41-39-37-35-20-18-16-14-12-10-8-6-4-2/h5-8,11-14,17-20,22-23,25-26,28-29,37,39,57H,3-4,9-10,15-16,21,24,27,30-36,38,40-56,60H2,1-2H3,(H,63,64)/b7-5-,8-6-,13-11-,14-12-,19-17-,20-18-,23-22-,26-25-,29-28-,39-37-. The number of ether oxygens (including phenoxy) is 2. The molecule has 0 saturated heterocycles. The Labute approximate surface area is 421 Å². The zero-order chi connectivity index (χ0) is 50.2. The molecule has 0 aliphatic carbocycles. The van der Waals surface area contributed by atoms with Gasteiger partial charge in [-0.05, 0) is 103 Å². The summed E-state index contributed by atoms with van der Waals surface area (Å²) in [6.07, 6.45) is 73.9. The number of carbonyl (C=O) groups is 2. The van der Waals surface area contributed by atoms with E-state index in [4.69, 9.17) is 24.3 Å². The molecule has 0 spiro atoms. The minimum atomic E-state index is -4.40. The number of rotatable bonds is 49. The Morgan fingerprint density at radius 3 is 1.12 bits per heavy atom. The van der Waals surface area contributed by atoms with E-state index in [0.717, 1.165) is 109 Å². The molecule has 0 heterocycles. The van der Waals surface area contributed by atoms with Crippen LogP contribution in [0, 0.1) is 0 Å². The van der Waals surface area contributed by atoms with Gasteiger partial charge in [0, 0.05) is 19.4 Å². The maximum absolute atomic E-state index is 12.7. The first-order valence-electron chi connectivity index (χ1n) is 27.0. The number of nitrogens with two attached hydrogens (primary N) is 1. The molecule has 2 unspecified atom stereocenters. The minimum Gasteiger partial charge on any atom is -0.462 e. The third-order valence-electron chi connectivity index (χ3n) is 10.8. The van der Waals surface area contributed by atoms with Crippen molar-refractivity contribution in [2.24, 2.45) is 5.73 Å². The van der Waals surface area contributed by atoms with E-state index in [-0.39, 0.29) is 32.6 Å². The van der Waals surface area contributed by atoms with Crippen LogP contribution in [-0.2, 0) is 32.7 Å². The second-order valence-corrected chi connectivity index (χ2v) is 18.8. The highest BCUT2D eigenvalue weighted by atomic mass is 31.2. The molecular formula is C59H98NO8P. The topological polar surface area (TPSA) is 134 Å². The second-order valence-electron chi connectivity index (χ2n) is 17.3. The van der Waals surface area contributed by atoms with Crippen LogP contribution in [0.4, 0.5) is 0 Å². The van der Waals surface area contributed by atoms with Gasteiger partial charge in [0.2, 0.25) is 0 Å². The Kier molecular flexibility index (Phi) is 51.0. The van der Waals surface area contributed by atoms with Crippen molar-refractivity contribution >= 4 is 19.8 Å². The molecular weight excluding hydrogens is 882 g/mol. The van der Waals surface area contributed by atoms with Crippen molar-refractivity contribution in [3.8, 4) is 0 Å². The van der Waals surface area contributed by atoms with Gasteiger partial charge in [0.1, 0.15) is 6.61 Å². The number of phosphoric acid groups is 1. The van der Waals surface area contributed by atoms with Crippen molar-refractivity contribution < 1.29 is 37.6 Å². The van der Waals surface area contributed by atoms with Gasteiger partial charge in [-0.3, -0.25) is 18.6 Å². The van der Waals surface area contributed by atoms with Crippen LogP contribution >= 0.6 is 7.82 Å². The fourth-order valence-corrected chi connectivity index (χ4v) is 7.69. The van der Waals surface area contributed by atoms with Crippen molar-refractivity contribution in [2.75, 3.05) is 26.4 Å². The number of carbonyl (C=O) groups excluding carboxylic acids is 2. The van der Waals surface area contributed by atoms with E-state index in [9.17, 15) is 19.0 Å². The lowest BCUT2D eigenvalue weighted by Gasteiger charge is -2.19. The third kappa shape index (κ3) is 53.6. The molecule has 0 saturated carbocycles. The molecule has 0 bridgehead atoms. The van der Waals surface area contributed by atoms with Crippen molar-refractivity contribution in [2.45, 2.75) is 213 Å². The molecule has 69 heavy (non-hydrogen) atoms. The molecule has 3 N–H and O–H groups in total. The van der Waals surface area contributed by atoms with Crippen LogP contribution in [-0.4, -0.2) is 49.3 Å². The van der Waals surface area contributed by atoms with Crippen LogP contribution in [0.3, 0.4) is 0 Å². The van der Waals surface area contributed by atoms with Gasteiger partial charge in [0.15, 0.2) is 6.10 Å². The number of unbranched alkanes of at least 4 members (excludes halogenated alkanes) is 16. The van der Waals surface area contributed by atoms with Gasteiger partial charge in [-0.25, -0.2) is 4.57 Å².